The van der Waals surface area contributed by atoms with Crippen LogP contribution in [0.4, 0.5) is 13.2 Å². The topological polar surface area (TPSA) is 49.8 Å². The van der Waals surface area contributed by atoms with E-state index in [0.29, 0.717) is 0 Å². The van der Waals surface area contributed by atoms with E-state index in [1.807, 2.05) is 0 Å². The lowest BCUT2D eigenvalue weighted by molar-refractivity contribution is -0.183. The highest BCUT2D eigenvalue weighted by atomic mass is 19.4. The van der Waals surface area contributed by atoms with Gasteiger partial charge >= 0.3 is 12.1 Å². The van der Waals surface area contributed by atoms with Gasteiger partial charge in [-0.3, -0.25) is 9.69 Å². The fraction of sp³-hybridized carbons (Fsp3) is 0.889. The zero-order valence-electron chi connectivity index (χ0n) is 8.83. The molecule has 0 aliphatic carbocycles. The van der Waals surface area contributed by atoms with E-state index in [1.54, 1.807) is 0 Å². The third-order valence-electron chi connectivity index (χ3n) is 2.68. The summed E-state index contributed by atoms with van der Waals surface area (Å²) in [5.74, 6) is -3.28. The molecule has 0 aromatic rings. The van der Waals surface area contributed by atoms with Gasteiger partial charge in [0.1, 0.15) is 0 Å². The van der Waals surface area contributed by atoms with Gasteiger partial charge < -0.3 is 9.84 Å². The molecule has 1 rings (SSSR count). The summed E-state index contributed by atoms with van der Waals surface area (Å²) in [5, 5.41) is 8.52. The molecule has 94 valence electrons. The second-order valence-corrected chi connectivity index (χ2v) is 3.95. The summed E-state index contributed by atoms with van der Waals surface area (Å²) < 4.78 is 42.6. The molecule has 16 heavy (non-hydrogen) atoms. The number of nitrogens with zero attached hydrogens (tertiary/aromatic N) is 1. The van der Waals surface area contributed by atoms with Gasteiger partial charge in [0.15, 0.2) is 0 Å². The summed E-state index contributed by atoms with van der Waals surface area (Å²) in [6, 6.07) is 0. The van der Waals surface area contributed by atoms with Crippen molar-refractivity contribution in [2.45, 2.75) is 6.18 Å². The average Bonchev–Trinajstić information content (AvgIpc) is 2.46. The summed E-state index contributed by atoms with van der Waals surface area (Å²) in [7, 11) is 1.34. The molecule has 1 aliphatic heterocycles. The maximum Gasteiger partial charge on any atom is 0.393 e. The molecule has 2 atom stereocenters. The molecular weight excluding hydrogens is 227 g/mol. The number of rotatable bonds is 4. The molecule has 0 aromatic carbocycles. The molecule has 0 aromatic heterocycles. The normalized spacial score (nSPS) is 27.2. The van der Waals surface area contributed by atoms with Crippen LogP contribution in [0.1, 0.15) is 0 Å². The number of hydrogen-bond donors (Lipinski definition) is 1. The number of carboxylic acids is 1. The number of aliphatic carboxylic acids is 1. The summed E-state index contributed by atoms with van der Waals surface area (Å²) in [5.41, 5.74) is 0. The Kier molecular flexibility index (Phi) is 4.15. The predicted molar refractivity (Wildman–Crippen MR) is 49.0 cm³/mol. The Bertz CT molecular complexity index is 257. The number of methoxy groups -OCH3 is 1. The first-order chi connectivity index (χ1) is 7.34. The molecule has 1 saturated heterocycles. The Morgan fingerprint density at radius 1 is 1.50 bits per heavy atom. The molecule has 1 aliphatic rings. The maximum absolute atomic E-state index is 12.6. The minimum Gasteiger partial charge on any atom is -0.480 e. The summed E-state index contributed by atoms with van der Waals surface area (Å²) in [6.07, 6.45) is -4.30. The second-order valence-electron chi connectivity index (χ2n) is 3.95. The molecule has 1 N–H and O–H groups in total. The molecule has 7 heteroatoms. The SMILES string of the molecule is COC[C@@H]1CN(CC(=O)O)C[C@H]1C(F)(F)F. The third kappa shape index (κ3) is 3.34. The standard InChI is InChI=1S/C9H14F3NO3/c1-16-5-6-2-13(4-8(14)15)3-7(6)9(10,11)12/h6-7H,2-5H2,1H3,(H,14,15)/t6-,7+/m0/s1. The Labute approximate surface area is 91.0 Å². The maximum atomic E-state index is 12.6. The van der Waals surface area contributed by atoms with Gasteiger partial charge in [-0.05, 0) is 0 Å². The van der Waals surface area contributed by atoms with Crippen LogP contribution in [0.15, 0.2) is 0 Å². The van der Waals surface area contributed by atoms with Crippen LogP contribution in [-0.2, 0) is 9.53 Å². The number of carboxylic acid groups (broad SMARTS) is 1. The van der Waals surface area contributed by atoms with Crippen LogP contribution in [0, 0.1) is 11.8 Å². The van der Waals surface area contributed by atoms with Crippen molar-refractivity contribution in [2.75, 3.05) is 33.4 Å². The molecule has 0 amide bonds. The minimum absolute atomic E-state index is 0.000293. The van der Waals surface area contributed by atoms with Gasteiger partial charge in [-0.15, -0.1) is 0 Å². The summed E-state index contributed by atoms with van der Waals surface area (Å²) in [6.45, 7) is -0.499. The highest BCUT2D eigenvalue weighted by Crippen LogP contribution is 2.37. The minimum atomic E-state index is -4.30. The van der Waals surface area contributed by atoms with E-state index in [2.05, 4.69) is 0 Å². The lowest BCUT2D eigenvalue weighted by atomic mass is 9.96. The number of hydrogen-bond acceptors (Lipinski definition) is 3. The van der Waals surface area contributed by atoms with Crippen molar-refractivity contribution in [1.82, 2.24) is 4.90 Å². The van der Waals surface area contributed by atoms with Crippen molar-refractivity contribution >= 4 is 5.97 Å². The van der Waals surface area contributed by atoms with E-state index in [9.17, 15) is 18.0 Å². The van der Waals surface area contributed by atoms with Crippen LogP contribution in [0.25, 0.3) is 0 Å². The van der Waals surface area contributed by atoms with Gasteiger partial charge in [-0.1, -0.05) is 0 Å². The molecule has 0 spiro atoms. The van der Waals surface area contributed by atoms with Crippen LogP contribution in [0.5, 0.6) is 0 Å². The van der Waals surface area contributed by atoms with Gasteiger partial charge in [-0.25, -0.2) is 0 Å². The van der Waals surface area contributed by atoms with Crippen molar-refractivity contribution in [2.24, 2.45) is 11.8 Å². The van der Waals surface area contributed by atoms with Crippen LogP contribution in [0.2, 0.25) is 0 Å². The van der Waals surface area contributed by atoms with Crippen molar-refractivity contribution in [1.29, 1.82) is 0 Å². The molecular formula is C9H14F3NO3. The molecule has 0 bridgehead atoms. The van der Waals surface area contributed by atoms with Gasteiger partial charge in [0.05, 0.1) is 19.1 Å². The predicted octanol–water partition coefficient (Wildman–Crippen LogP) is 0.828. The quantitative estimate of drug-likeness (QED) is 0.792. The van der Waals surface area contributed by atoms with E-state index in [-0.39, 0.29) is 26.2 Å². The molecule has 0 radical (unpaired) electrons. The van der Waals surface area contributed by atoms with Gasteiger partial charge in [-0.2, -0.15) is 13.2 Å². The lowest BCUT2D eigenvalue weighted by Gasteiger charge is -2.20. The third-order valence-corrected chi connectivity index (χ3v) is 2.68. The zero-order chi connectivity index (χ0) is 12.3. The molecule has 1 heterocycles. The number of carbonyl (C=O) groups is 1. The van der Waals surface area contributed by atoms with Gasteiger partial charge in [0, 0.05) is 26.1 Å². The summed E-state index contributed by atoms with van der Waals surface area (Å²) >= 11 is 0. The van der Waals surface area contributed by atoms with E-state index in [1.165, 1.54) is 12.0 Å². The fourth-order valence-electron chi connectivity index (χ4n) is 2.03. The first-order valence-corrected chi connectivity index (χ1v) is 4.84. The summed E-state index contributed by atoms with van der Waals surface area (Å²) in [4.78, 5) is 11.7. The molecule has 1 fully saturated rings. The molecule has 4 nitrogen and oxygen atoms in total. The number of ether oxygens (including phenoxy) is 1. The highest BCUT2D eigenvalue weighted by Gasteiger charge is 2.49. The van der Waals surface area contributed by atoms with Crippen LogP contribution < -0.4 is 0 Å². The van der Waals surface area contributed by atoms with E-state index in [4.69, 9.17) is 9.84 Å². The van der Waals surface area contributed by atoms with Crippen molar-refractivity contribution in [3.63, 3.8) is 0 Å². The second kappa shape index (κ2) is 5.01. The average molecular weight is 241 g/mol. The number of likely N-dealkylation sites (tertiary alicyclic amines) is 1. The Balaban J connectivity index is 2.64. The van der Waals surface area contributed by atoms with E-state index < -0.39 is 24.0 Å². The van der Waals surface area contributed by atoms with Gasteiger partial charge in [0.25, 0.3) is 0 Å². The zero-order valence-corrected chi connectivity index (χ0v) is 8.83. The fourth-order valence-corrected chi connectivity index (χ4v) is 2.03. The largest absolute Gasteiger partial charge is 0.480 e. The van der Waals surface area contributed by atoms with Crippen molar-refractivity contribution < 1.29 is 27.8 Å². The van der Waals surface area contributed by atoms with Crippen molar-refractivity contribution in [3.8, 4) is 0 Å². The molecule has 0 saturated carbocycles. The highest BCUT2D eigenvalue weighted by molar-refractivity contribution is 5.69. The Morgan fingerprint density at radius 2 is 2.12 bits per heavy atom. The number of alkyl halides is 3. The van der Waals surface area contributed by atoms with Crippen molar-refractivity contribution in [3.05, 3.63) is 0 Å². The van der Waals surface area contributed by atoms with E-state index in [0.717, 1.165) is 0 Å². The lowest BCUT2D eigenvalue weighted by Crippen LogP contribution is -2.32. The van der Waals surface area contributed by atoms with Crippen LogP contribution in [-0.4, -0.2) is 55.5 Å². The Hall–Kier alpha value is -0.820. The number of halogens is 3. The van der Waals surface area contributed by atoms with Crippen LogP contribution >= 0.6 is 0 Å². The smallest absolute Gasteiger partial charge is 0.393 e. The first-order valence-electron chi connectivity index (χ1n) is 4.84. The van der Waals surface area contributed by atoms with Crippen LogP contribution in [0.3, 0.4) is 0 Å². The molecule has 0 unspecified atom stereocenters. The Morgan fingerprint density at radius 3 is 2.56 bits per heavy atom. The van der Waals surface area contributed by atoms with E-state index >= 15 is 0 Å². The monoisotopic (exact) mass is 241 g/mol. The first kappa shape index (κ1) is 13.2. The van der Waals surface area contributed by atoms with Gasteiger partial charge in [0.2, 0.25) is 0 Å².